The molecule has 3 atom stereocenters. The summed E-state index contributed by atoms with van der Waals surface area (Å²) in [6.07, 6.45) is 2.56. The van der Waals surface area contributed by atoms with E-state index in [4.69, 9.17) is 4.74 Å². The summed E-state index contributed by atoms with van der Waals surface area (Å²) in [4.78, 5) is 2.64. The molecule has 2 fully saturated rings. The third-order valence-corrected chi connectivity index (χ3v) is 3.98. The van der Waals surface area contributed by atoms with Gasteiger partial charge in [0, 0.05) is 25.2 Å². The predicted octanol–water partition coefficient (Wildman–Crippen LogP) is 1.10. The molecule has 3 nitrogen and oxygen atoms in total. The van der Waals surface area contributed by atoms with Gasteiger partial charge in [0.2, 0.25) is 0 Å². The molecule has 0 radical (unpaired) electrons. The Kier molecular flexibility index (Phi) is 4.00. The van der Waals surface area contributed by atoms with Gasteiger partial charge in [-0.25, -0.2) is 0 Å². The lowest BCUT2D eigenvalue weighted by molar-refractivity contribution is -0.0158. The van der Waals surface area contributed by atoms with E-state index in [1.165, 1.54) is 25.9 Å². The van der Waals surface area contributed by atoms with Gasteiger partial charge < -0.3 is 10.1 Å². The van der Waals surface area contributed by atoms with Crippen molar-refractivity contribution in [3.8, 4) is 0 Å². The highest BCUT2D eigenvalue weighted by Gasteiger charge is 2.28. The maximum absolute atomic E-state index is 5.54. The molecule has 0 bridgehead atoms. The van der Waals surface area contributed by atoms with Crippen LogP contribution in [-0.4, -0.2) is 49.8 Å². The molecule has 88 valence electrons. The van der Waals surface area contributed by atoms with Crippen LogP contribution in [0.4, 0.5) is 0 Å². The maximum atomic E-state index is 5.54. The van der Waals surface area contributed by atoms with Crippen molar-refractivity contribution in [3.63, 3.8) is 0 Å². The van der Waals surface area contributed by atoms with Crippen LogP contribution >= 0.6 is 0 Å². The minimum atomic E-state index is 0.659. The summed E-state index contributed by atoms with van der Waals surface area (Å²) in [5.41, 5.74) is 0. The lowest BCUT2D eigenvalue weighted by Gasteiger charge is -2.37. The van der Waals surface area contributed by atoms with Gasteiger partial charge in [0.15, 0.2) is 0 Å². The van der Waals surface area contributed by atoms with Crippen molar-refractivity contribution in [1.82, 2.24) is 10.2 Å². The minimum Gasteiger partial charge on any atom is -0.378 e. The molecule has 2 aliphatic rings. The minimum absolute atomic E-state index is 0.659. The van der Waals surface area contributed by atoms with Gasteiger partial charge in [-0.1, -0.05) is 6.92 Å². The Morgan fingerprint density at radius 1 is 1.47 bits per heavy atom. The Bertz CT molecular complexity index is 198. The quantitative estimate of drug-likeness (QED) is 0.758. The monoisotopic (exact) mass is 212 g/mol. The third kappa shape index (κ3) is 2.71. The molecule has 0 saturated carbocycles. The van der Waals surface area contributed by atoms with Crippen molar-refractivity contribution in [2.45, 2.75) is 38.8 Å². The molecule has 0 spiro atoms. The fraction of sp³-hybridized carbons (Fsp3) is 1.00. The standard InChI is InChI=1S/C12H24N2O/c1-3-12-9-15-7-6-14(12)8-11-4-5-13-10(11)2/h10-13H,3-9H2,1-2H3. The van der Waals surface area contributed by atoms with Crippen LogP contribution in [0.2, 0.25) is 0 Å². The van der Waals surface area contributed by atoms with E-state index in [0.29, 0.717) is 12.1 Å². The second-order valence-corrected chi connectivity index (χ2v) is 4.92. The van der Waals surface area contributed by atoms with Gasteiger partial charge in [-0.05, 0) is 32.2 Å². The molecular weight excluding hydrogens is 188 g/mol. The van der Waals surface area contributed by atoms with Crippen LogP contribution in [0, 0.1) is 5.92 Å². The molecule has 0 amide bonds. The first-order valence-corrected chi connectivity index (χ1v) is 6.36. The molecule has 2 aliphatic heterocycles. The van der Waals surface area contributed by atoms with Crippen LogP contribution in [0.5, 0.6) is 0 Å². The van der Waals surface area contributed by atoms with Crippen LogP contribution in [-0.2, 0) is 4.74 Å². The number of hydrogen-bond acceptors (Lipinski definition) is 3. The fourth-order valence-corrected chi connectivity index (χ4v) is 2.77. The zero-order valence-corrected chi connectivity index (χ0v) is 10.0. The van der Waals surface area contributed by atoms with Crippen LogP contribution in [0.15, 0.2) is 0 Å². The zero-order chi connectivity index (χ0) is 10.7. The highest BCUT2D eigenvalue weighted by molar-refractivity contribution is 4.85. The van der Waals surface area contributed by atoms with Gasteiger partial charge in [-0.3, -0.25) is 4.90 Å². The molecule has 15 heavy (non-hydrogen) atoms. The molecule has 0 aromatic carbocycles. The number of hydrogen-bond donors (Lipinski definition) is 1. The van der Waals surface area contributed by atoms with Crippen LogP contribution in [0.1, 0.15) is 26.7 Å². The fourth-order valence-electron chi connectivity index (χ4n) is 2.77. The average Bonchev–Trinajstić information content (AvgIpc) is 2.65. The average molecular weight is 212 g/mol. The molecule has 2 rings (SSSR count). The van der Waals surface area contributed by atoms with Crippen molar-refractivity contribution in [2.75, 3.05) is 32.8 Å². The lowest BCUT2D eigenvalue weighted by Crippen LogP contribution is -2.48. The van der Waals surface area contributed by atoms with Crippen LogP contribution in [0.3, 0.4) is 0 Å². The molecule has 0 aliphatic carbocycles. The summed E-state index contributed by atoms with van der Waals surface area (Å²) in [5, 5.41) is 3.53. The molecule has 2 heterocycles. The van der Waals surface area contributed by atoms with E-state index in [1.54, 1.807) is 0 Å². The molecule has 0 aromatic heterocycles. The largest absolute Gasteiger partial charge is 0.378 e. The normalized spacial score (nSPS) is 38.4. The zero-order valence-electron chi connectivity index (χ0n) is 10.0. The number of ether oxygens (including phenoxy) is 1. The van der Waals surface area contributed by atoms with Gasteiger partial charge >= 0.3 is 0 Å². The summed E-state index contributed by atoms with van der Waals surface area (Å²) in [6.45, 7) is 10.0. The molecule has 3 heteroatoms. The Morgan fingerprint density at radius 3 is 3.00 bits per heavy atom. The second kappa shape index (κ2) is 5.28. The number of rotatable bonds is 3. The maximum Gasteiger partial charge on any atom is 0.0622 e. The SMILES string of the molecule is CCC1COCCN1CC1CCNC1C. The summed E-state index contributed by atoms with van der Waals surface area (Å²) in [7, 11) is 0. The van der Waals surface area contributed by atoms with Crippen molar-refractivity contribution in [2.24, 2.45) is 5.92 Å². The van der Waals surface area contributed by atoms with Crippen LogP contribution in [0.25, 0.3) is 0 Å². The van der Waals surface area contributed by atoms with Gasteiger partial charge in [-0.2, -0.15) is 0 Å². The van der Waals surface area contributed by atoms with Gasteiger partial charge in [0.05, 0.1) is 13.2 Å². The van der Waals surface area contributed by atoms with Crippen molar-refractivity contribution >= 4 is 0 Å². The first-order chi connectivity index (χ1) is 7.31. The Morgan fingerprint density at radius 2 is 2.33 bits per heavy atom. The highest BCUT2D eigenvalue weighted by atomic mass is 16.5. The van der Waals surface area contributed by atoms with E-state index < -0.39 is 0 Å². The molecular formula is C12H24N2O. The number of morpholine rings is 1. The predicted molar refractivity (Wildman–Crippen MR) is 62.0 cm³/mol. The molecule has 1 N–H and O–H groups in total. The Labute approximate surface area is 93.2 Å². The van der Waals surface area contributed by atoms with E-state index >= 15 is 0 Å². The smallest absolute Gasteiger partial charge is 0.0622 e. The van der Waals surface area contributed by atoms with E-state index in [-0.39, 0.29) is 0 Å². The van der Waals surface area contributed by atoms with Gasteiger partial charge in [0.25, 0.3) is 0 Å². The summed E-state index contributed by atoms with van der Waals surface area (Å²) in [5.74, 6) is 0.845. The van der Waals surface area contributed by atoms with Crippen LogP contribution < -0.4 is 5.32 Å². The van der Waals surface area contributed by atoms with Crippen molar-refractivity contribution in [1.29, 1.82) is 0 Å². The summed E-state index contributed by atoms with van der Waals surface area (Å²) >= 11 is 0. The Hall–Kier alpha value is -0.120. The van der Waals surface area contributed by atoms with Gasteiger partial charge in [-0.15, -0.1) is 0 Å². The first-order valence-electron chi connectivity index (χ1n) is 6.36. The summed E-state index contributed by atoms with van der Waals surface area (Å²) < 4.78 is 5.54. The number of nitrogens with one attached hydrogen (secondary N) is 1. The van der Waals surface area contributed by atoms with Crippen molar-refractivity contribution < 1.29 is 4.74 Å². The topological polar surface area (TPSA) is 24.5 Å². The first kappa shape index (κ1) is 11.4. The lowest BCUT2D eigenvalue weighted by atomic mass is 10.00. The third-order valence-electron chi connectivity index (χ3n) is 3.98. The highest BCUT2D eigenvalue weighted by Crippen LogP contribution is 2.20. The van der Waals surface area contributed by atoms with Crippen molar-refractivity contribution in [3.05, 3.63) is 0 Å². The van der Waals surface area contributed by atoms with E-state index in [2.05, 4.69) is 24.1 Å². The molecule has 0 aromatic rings. The second-order valence-electron chi connectivity index (χ2n) is 4.92. The Balaban J connectivity index is 1.85. The number of nitrogens with zero attached hydrogens (tertiary/aromatic N) is 1. The summed E-state index contributed by atoms with van der Waals surface area (Å²) in [6, 6.07) is 1.36. The van der Waals surface area contributed by atoms with E-state index in [9.17, 15) is 0 Å². The molecule has 2 saturated heterocycles. The van der Waals surface area contributed by atoms with E-state index in [1.807, 2.05) is 0 Å². The van der Waals surface area contributed by atoms with Gasteiger partial charge in [0.1, 0.15) is 0 Å². The molecule has 3 unspecified atom stereocenters. The van der Waals surface area contributed by atoms with E-state index in [0.717, 1.165) is 25.7 Å².